The highest BCUT2D eigenvalue weighted by molar-refractivity contribution is 5.82. The second-order valence-electron chi connectivity index (χ2n) is 8.25. The Morgan fingerprint density at radius 1 is 1.30 bits per heavy atom. The number of H-pyrrole nitrogens is 1. The highest BCUT2D eigenvalue weighted by Gasteiger charge is 2.61. The molecule has 3 N–H and O–H groups in total. The predicted molar refractivity (Wildman–Crippen MR) is 104 cm³/mol. The number of methoxy groups -OCH3 is 1. The fourth-order valence-corrected chi connectivity index (χ4v) is 5.09. The zero-order valence-corrected chi connectivity index (χ0v) is 16.2. The molecule has 1 aliphatic carbocycles. The number of hydrogen-bond donors (Lipinski definition) is 3. The monoisotopic (exact) mass is 372 g/mol. The van der Waals surface area contributed by atoms with Crippen molar-refractivity contribution in [2.45, 2.75) is 63.5 Å². The van der Waals surface area contributed by atoms with E-state index in [2.05, 4.69) is 17.1 Å². The van der Waals surface area contributed by atoms with Crippen LogP contribution in [0, 0.1) is 13.8 Å². The quantitative estimate of drug-likeness (QED) is 0.767. The third-order valence-corrected chi connectivity index (χ3v) is 6.56. The number of hydrogen-bond acceptors (Lipinski definition) is 5. The van der Waals surface area contributed by atoms with Gasteiger partial charge in [0.1, 0.15) is 11.3 Å². The van der Waals surface area contributed by atoms with Gasteiger partial charge in [0.25, 0.3) is 5.56 Å². The van der Waals surface area contributed by atoms with Crippen LogP contribution in [0.5, 0.6) is 0 Å². The van der Waals surface area contributed by atoms with Crippen molar-refractivity contribution in [1.82, 2.24) is 9.88 Å². The standard InChI is InChI=1S/C21H28N2O4/c1-13-8-14(2)18-15(9-13)10-16(19(25)22-18)12-23-7-6-20(27-3)5-4-17(24)11-21(20,23)26/h8-10,17,24,26H,4-7,11-12H2,1-3H3,(H,22,25)/t17-,20+,21-/m0/s1. The second kappa shape index (κ2) is 6.41. The first kappa shape index (κ1) is 18.6. The lowest BCUT2D eigenvalue weighted by Gasteiger charge is -2.49. The highest BCUT2D eigenvalue weighted by Crippen LogP contribution is 2.49. The summed E-state index contributed by atoms with van der Waals surface area (Å²) >= 11 is 0. The van der Waals surface area contributed by atoms with Gasteiger partial charge in [0.2, 0.25) is 0 Å². The van der Waals surface area contributed by atoms with E-state index in [9.17, 15) is 15.0 Å². The maximum absolute atomic E-state index is 12.7. The van der Waals surface area contributed by atoms with E-state index in [4.69, 9.17) is 4.74 Å². The van der Waals surface area contributed by atoms with Gasteiger partial charge in [-0.25, -0.2) is 0 Å². The zero-order valence-electron chi connectivity index (χ0n) is 16.2. The van der Waals surface area contributed by atoms with Crippen molar-refractivity contribution in [2.24, 2.45) is 0 Å². The number of aliphatic hydroxyl groups is 2. The molecule has 27 heavy (non-hydrogen) atoms. The zero-order chi connectivity index (χ0) is 19.4. The number of benzene rings is 1. The summed E-state index contributed by atoms with van der Waals surface area (Å²) in [6.45, 7) is 4.98. The first-order chi connectivity index (χ1) is 12.8. The average molecular weight is 372 g/mol. The third-order valence-electron chi connectivity index (χ3n) is 6.56. The van der Waals surface area contributed by atoms with Gasteiger partial charge in [0.15, 0.2) is 0 Å². The lowest BCUT2D eigenvalue weighted by atomic mass is 9.76. The predicted octanol–water partition coefficient (Wildman–Crippen LogP) is 1.97. The number of ether oxygens (including phenoxy) is 1. The highest BCUT2D eigenvalue weighted by atomic mass is 16.5. The summed E-state index contributed by atoms with van der Waals surface area (Å²) in [7, 11) is 1.63. The fraction of sp³-hybridized carbons (Fsp3) is 0.571. The summed E-state index contributed by atoms with van der Waals surface area (Å²) in [6.07, 6.45) is 1.61. The summed E-state index contributed by atoms with van der Waals surface area (Å²) in [6, 6.07) is 6.03. The molecule has 0 unspecified atom stereocenters. The summed E-state index contributed by atoms with van der Waals surface area (Å²) < 4.78 is 5.77. The fourth-order valence-electron chi connectivity index (χ4n) is 5.09. The van der Waals surface area contributed by atoms with Crippen LogP contribution < -0.4 is 5.56 Å². The van der Waals surface area contributed by atoms with Crippen molar-refractivity contribution in [1.29, 1.82) is 0 Å². The van der Waals surface area contributed by atoms with Gasteiger partial charge in [0, 0.05) is 32.2 Å². The molecule has 4 rings (SSSR count). The Morgan fingerprint density at radius 3 is 2.81 bits per heavy atom. The van der Waals surface area contributed by atoms with Gasteiger partial charge in [-0.2, -0.15) is 0 Å². The maximum Gasteiger partial charge on any atom is 0.252 e. The van der Waals surface area contributed by atoms with Crippen molar-refractivity contribution in [3.63, 3.8) is 0 Å². The molecule has 0 spiro atoms. The molecule has 0 radical (unpaired) electrons. The van der Waals surface area contributed by atoms with Crippen molar-refractivity contribution in [3.8, 4) is 0 Å². The Bertz CT molecular complexity index is 940. The minimum absolute atomic E-state index is 0.135. The van der Waals surface area contributed by atoms with Gasteiger partial charge in [-0.3, -0.25) is 9.69 Å². The molecule has 1 aromatic carbocycles. The molecular weight excluding hydrogens is 344 g/mol. The van der Waals surface area contributed by atoms with Crippen molar-refractivity contribution < 1.29 is 14.9 Å². The molecule has 1 aromatic heterocycles. The number of likely N-dealkylation sites (tertiary alicyclic amines) is 1. The van der Waals surface area contributed by atoms with Crippen LogP contribution in [0.1, 0.15) is 42.4 Å². The topological polar surface area (TPSA) is 85.8 Å². The van der Waals surface area contributed by atoms with Crippen LogP contribution in [-0.2, 0) is 11.3 Å². The number of aliphatic hydroxyl groups excluding tert-OH is 1. The molecule has 1 saturated carbocycles. The Labute approximate surface area is 158 Å². The number of aromatic amines is 1. The van der Waals surface area contributed by atoms with Crippen LogP contribution in [0.2, 0.25) is 0 Å². The Balaban J connectivity index is 1.72. The molecular formula is C21H28N2O4. The van der Waals surface area contributed by atoms with E-state index < -0.39 is 17.4 Å². The van der Waals surface area contributed by atoms with E-state index in [1.54, 1.807) is 7.11 Å². The van der Waals surface area contributed by atoms with Gasteiger partial charge in [-0.05, 0) is 56.2 Å². The average Bonchev–Trinajstić information content (AvgIpc) is 2.88. The van der Waals surface area contributed by atoms with E-state index in [-0.39, 0.29) is 12.0 Å². The normalized spacial score (nSPS) is 31.4. The number of aryl methyl sites for hydroxylation is 2. The molecule has 3 atom stereocenters. The van der Waals surface area contributed by atoms with Crippen LogP contribution >= 0.6 is 0 Å². The Morgan fingerprint density at radius 2 is 2.07 bits per heavy atom. The van der Waals surface area contributed by atoms with Crippen molar-refractivity contribution >= 4 is 10.9 Å². The Hall–Kier alpha value is -1.73. The van der Waals surface area contributed by atoms with Gasteiger partial charge in [-0.15, -0.1) is 0 Å². The van der Waals surface area contributed by atoms with E-state index >= 15 is 0 Å². The van der Waals surface area contributed by atoms with E-state index in [1.165, 1.54) is 0 Å². The number of nitrogens with zero attached hydrogens (tertiary/aromatic N) is 1. The molecule has 6 nitrogen and oxygen atoms in total. The molecule has 0 bridgehead atoms. The lowest BCUT2D eigenvalue weighted by molar-refractivity contribution is -0.243. The van der Waals surface area contributed by atoms with Gasteiger partial charge in [-0.1, -0.05) is 11.6 Å². The number of rotatable bonds is 3. The van der Waals surface area contributed by atoms with Crippen LogP contribution in [0.25, 0.3) is 10.9 Å². The molecule has 0 amide bonds. The first-order valence-corrected chi connectivity index (χ1v) is 9.62. The SMILES string of the molecule is CO[C@@]12CC[C@H](O)C[C@@]1(O)N(Cc1cc3cc(C)cc(C)c3[nH]c1=O)CC2. The number of fused-ring (bicyclic) bond motifs is 2. The number of aromatic nitrogens is 1. The third kappa shape index (κ3) is 2.83. The largest absolute Gasteiger partial charge is 0.393 e. The van der Waals surface area contributed by atoms with Crippen molar-refractivity contribution in [3.05, 3.63) is 45.2 Å². The Kier molecular flexibility index (Phi) is 4.42. The lowest BCUT2D eigenvalue weighted by Crippen LogP contribution is -2.62. The van der Waals surface area contributed by atoms with E-state index in [0.717, 1.165) is 22.0 Å². The van der Waals surface area contributed by atoms with Crippen LogP contribution in [0.15, 0.2) is 23.0 Å². The molecule has 6 heteroatoms. The summed E-state index contributed by atoms with van der Waals surface area (Å²) in [5.74, 6) is 0. The van der Waals surface area contributed by atoms with E-state index in [1.807, 2.05) is 24.8 Å². The number of nitrogens with one attached hydrogen (secondary N) is 1. The van der Waals surface area contributed by atoms with Crippen molar-refractivity contribution in [2.75, 3.05) is 13.7 Å². The van der Waals surface area contributed by atoms with Crippen LogP contribution in [0.3, 0.4) is 0 Å². The summed E-state index contributed by atoms with van der Waals surface area (Å²) in [5.41, 5.74) is 1.59. The van der Waals surface area contributed by atoms with Gasteiger partial charge in [0.05, 0.1) is 11.6 Å². The second-order valence-corrected chi connectivity index (χ2v) is 8.25. The molecule has 2 aromatic rings. The number of pyridine rings is 1. The van der Waals surface area contributed by atoms with Gasteiger partial charge < -0.3 is 19.9 Å². The molecule has 2 heterocycles. The molecule has 2 fully saturated rings. The van der Waals surface area contributed by atoms with Crippen LogP contribution in [-0.4, -0.2) is 51.2 Å². The first-order valence-electron chi connectivity index (χ1n) is 9.62. The summed E-state index contributed by atoms with van der Waals surface area (Å²) in [4.78, 5) is 17.6. The molecule has 2 aliphatic rings. The minimum Gasteiger partial charge on any atom is -0.393 e. The van der Waals surface area contributed by atoms with Gasteiger partial charge >= 0.3 is 0 Å². The maximum atomic E-state index is 12.7. The molecule has 146 valence electrons. The van der Waals surface area contributed by atoms with Crippen LogP contribution in [0.4, 0.5) is 0 Å². The minimum atomic E-state index is -1.26. The smallest absolute Gasteiger partial charge is 0.252 e. The summed E-state index contributed by atoms with van der Waals surface area (Å²) in [5, 5.41) is 22.6. The van der Waals surface area contributed by atoms with E-state index in [0.29, 0.717) is 37.9 Å². The molecule has 1 aliphatic heterocycles. The molecule has 1 saturated heterocycles.